The number of carbonyl (C=O) groups excluding carboxylic acids is 1. The molecule has 0 spiro atoms. The molecule has 3 N–H and O–H groups in total. The lowest BCUT2D eigenvalue weighted by molar-refractivity contribution is -0.139. The van der Waals surface area contributed by atoms with Crippen molar-refractivity contribution in [2.75, 3.05) is 24.3 Å². The van der Waals surface area contributed by atoms with Crippen LogP contribution in [0.1, 0.15) is 25.3 Å². The highest BCUT2D eigenvalue weighted by atomic mass is 19.4. The maximum absolute atomic E-state index is 13.0. The van der Waals surface area contributed by atoms with E-state index in [0.29, 0.717) is 6.42 Å². The predicted molar refractivity (Wildman–Crippen MR) is 101 cm³/mol. The lowest BCUT2D eigenvalue weighted by Crippen LogP contribution is -2.41. The van der Waals surface area contributed by atoms with Crippen molar-refractivity contribution in [2.45, 2.75) is 32.5 Å². The molecule has 0 saturated heterocycles. The average Bonchev–Trinajstić information content (AvgIpc) is 2.65. The van der Waals surface area contributed by atoms with Gasteiger partial charge in [-0.2, -0.15) is 13.2 Å². The molecule has 1 heterocycles. The SMILES string of the molecule is CCCCn1c(N)c(N(C)C(=O)COc2ccccc2C(F)(F)F)c(=O)[nH]c1=O. The lowest BCUT2D eigenvalue weighted by Gasteiger charge is -2.21. The minimum Gasteiger partial charge on any atom is -0.483 e. The topological polar surface area (TPSA) is 110 Å². The molecule has 0 atom stereocenters. The van der Waals surface area contributed by atoms with Crippen LogP contribution in [0.15, 0.2) is 33.9 Å². The third kappa shape index (κ3) is 4.98. The number of nitrogen functional groups attached to an aromatic ring is 1. The fourth-order valence-electron chi connectivity index (χ4n) is 2.63. The molecule has 11 heteroatoms. The molecule has 8 nitrogen and oxygen atoms in total. The second-order valence-electron chi connectivity index (χ2n) is 6.23. The first-order valence-corrected chi connectivity index (χ1v) is 8.76. The zero-order valence-electron chi connectivity index (χ0n) is 15.9. The Labute approximate surface area is 163 Å². The Bertz CT molecular complexity index is 998. The lowest BCUT2D eigenvalue weighted by atomic mass is 10.2. The first kappa shape index (κ1) is 22.1. The van der Waals surface area contributed by atoms with Crippen molar-refractivity contribution in [2.24, 2.45) is 0 Å². The monoisotopic (exact) mass is 414 g/mol. The van der Waals surface area contributed by atoms with Crippen molar-refractivity contribution in [3.63, 3.8) is 0 Å². The second-order valence-corrected chi connectivity index (χ2v) is 6.23. The molecule has 0 unspecified atom stereocenters. The van der Waals surface area contributed by atoms with E-state index in [4.69, 9.17) is 10.5 Å². The van der Waals surface area contributed by atoms with Crippen molar-refractivity contribution in [3.05, 3.63) is 50.7 Å². The number of benzene rings is 1. The van der Waals surface area contributed by atoms with E-state index in [9.17, 15) is 27.6 Å². The molecule has 0 bridgehead atoms. The van der Waals surface area contributed by atoms with Gasteiger partial charge in [0.1, 0.15) is 11.6 Å². The van der Waals surface area contributed by atoms with Gasteiger partial charge < -0.3 is 15.4 Å². The number of H-pyrrole nitrogens is 1. The first-order valence-electron chi connectivity index (χ1n) is 8.76. The highest BCUT2D eigenvalue weighted by Gasteiger charge is 2.34. The van der Waals surface area contributed by atoms with E-state index in [1.165, 1.54) is 19.2 Å². The van der Waals surface area contributed by atoms with Crippen molar-refractivity contribution in [3.8, 4) is 5.75 Å². The average molecular weight is 414 g/mol. The van der Waals surface area contributed by atoms with Gasteiger partial charge in [-0.05, 0) is 18.6 Å². The Hall–Kier alpha value is -3.24. The summed E-state index contributed by atoms with van der Waals surface area (Å²) in [6.45, 7) is 1.37. The molecule has 1 aromatic carbocycles. The molecule has 0 radical (unpaired) electrons. The highest BCUT2D eigenvalue weighted by Crippen LogP contribution is 2.35. The third-order valence-corrected chi connectivity index (χ3v) is 4.20. The molecular formula is C18H21F3N4O4. The molecule has 0 saturated carbocycles. The number of aromatic amines is 1. The molecule has 2 aromatic rings. The van der Waals surface area contributed by atoms with E-state index < -0.39 is 41.3 Å². The molecule has 1 aromatic heterocycles. The van der Waals surface area contributed by atoms with Gasteiger partial charge in [-0.25, -0.2) is 4.79 Å². The van der Waals surface area contributed by atoms with E-state index >= 15 is 0 Å². The van der Waals surface area contributed by atoms with Crippen LogP contribution in [-0.2, 0) is 17.5 Å². The van der Waals surface area contributed by atoms with Crippen LogP contribution in [0.5, 0.6) is 5.75 Å². The van der Waals surface area contributed by atoms with Crippen molar-refractivity contribution in [1.82, 2.24) is 9.55 Å². The summed E-state index contributed by atoms with van der Waals surface area (Å²) in [7, 11) is 1.22. The van der Waals surface area contributed by atoms with Gasteiger partial charge in [0, 0.05) is 13.6 Å². The molecule has 0 fully saturated rings. The molecule has 0 aliphatic heterocycles. The fraction of sp³-hybridized carbons (Fsp3) is 0.389. The van der Waals surface area contributed by atoms with Crippen LogP contribution in [0.3, 0.4) is 0 Å². The quantitative estimate of drug-likeness (QED) is 0.720. The van der Waals surface area contributed by atoms with Gasteiger partial charge in [0.05, 0.1) is 5.56 Å². The van der Waals surface area contributed by atoms with Crippen LogP contribution in [-0.4, -0.2) is 29.1 Å². The fourth-order valence-corrected chi connectivity index (χ4v) is 2.63. The number of unbranched alkanes of at least 4 members (excludes halogenated alkanes) is 1. The number of amides is 1. The van der Waals surface area contributed by atoms with Crippen LogP contribution in [0, 0.1) is 0 Å². The number of nitrogens with two attached hydrogens (primary N) is 1. The van der Waals surface area contributed by atoms with E-state index in [1.807, 2.05) is 6.92 Å². The first-order chi connectivity index (χ1) is 13.6. The minimum atomic E-state index is -4.65. The number of nitrogens with zero attached hydrogens (tertiary/aromatic N) is 2. The number of rotatable bonds is 7. The zero-order valence-corrected chi connectivity index (χ0v) is 15.9. The summed E-state index contributed by atoms with van der Waals surface area (Å²) in [6, 6.07) is 4.45. The standard InChI is InChI=1S/C18H21F3N4O4/c1-3-4-9-25-15(22)14(16(27)23-17(25)28)24(2)13(26)10-29-12-8-6-5-7-11(12)18(19,20)21/h5-8H,3-4,9-10,22H2,1-2H3,(H,23,27,28). The Morgan fingerprint density at radius 3 is 2.55 bits per heavy atom. The van der Waals surface area contributed by atoms with E-state index in [2.05, 4.69) is 4.98 Å². The number of carbonyl (C=O) groups is 1. The predicted octanol–water partition coefficient (Wildman–Crippen LogP) is 1.98. The van der Waals surface area contributed by atoms with Crippen molar-refractivity contribution < 1.29 is 22.7 Å². The van der Waals surface area contributed by atoms with Crippen LogP contribution >= 0.6 is 0 Å². The molecule has 0 aliphatic carbocycles. The van der Waals surface area contributed by atoms with E-state index in [0.717, 1.165) is 28.0 Å². The van der Waals surface area contributed by atoms with Crippen molar-refractivity contribution >= 4 is 17.4 Å². The number of halogens is 3. The number of hydrogen-bond donors (Lipinski definition) is 2. The van der Waals surface area contributed by atoms with Gasteiger partial charge in [0.15, 0.2) is 12.3 Å². The van der Waals surface area contributed by atoms with Gasteiger partial charge in [0.2, 0.25) is 0 Å². The summed E-state index contributed by atoms with van der Waals surface area (Å²) >= 11 is 0. The molecule has 29 heavy (non-hydrogen) atoms. The number of aromatic nitrogens is 2. The molecular weight excluding hydrogens is 393 g/mol. The van der Waals surface area contributed by atoms with E-state index in [1.54, 1.807) is 0 Å². The Balaban J connectivity index is 2.26. The molecule has 1 amide bonds. The summed E-state index contributed by atoms with van der Waals surface area (Å²) in [6.07, 6.45) is -3.27. The molecule has 2 rings (SSSR count). The van der Waals surface area contributed by atoms with Crippen LogP contribution in [0.25, 0.3) is 0 Å². The summed E-state index contributed by atoms with van der Waals surface area (Å²) in [5.41, 5.74) is 3.02. The normalized spacial score (nSPS) is 11.3. The maximum atomic E-state index is 13.0. The van der Waals surface area contributed by atoms with Crippen LogP contribution in [0.4, 0.5) is 24.7 Å². The van der Waals surface area contributed by atoms with Crippen molar-refractivity contribution in [1.29, 1.82) is 0 Å². The van der Waals surface area contributed by atoms with Crippen LogP contribution in [0.2, 0.25) is 0 Å². The number of hydrogen-bond acceptors (Lipinski definition) is 5. The van der Waals surface area contributed by atoms with Gasteiger partial charge in [-0.3, -0.25) is 19.1 Å². The number of anilines is 2. The Morgan fingerprint density at radius 2 is 1.93 bits per heavy atom. The number of para-hydroxylation sites is 1. The number of likely N-dealkylation sites (N-methyl/N-ethyl adjacent to an activating group) is 1. The summed E-state index contributed by atoms with van der Waals surface area (Å²) in [4.78, 5) is 39.5. The smallest absolute Gasteiger partial charge is 0.419 e. The molecule has 0 aliphatic rings. The Kier molecular flexibility index (Phi) is 6.72. The van der Waals surface area contributed by atoms with E-state index in [-0.39, 0.29) is 18.1 Å². The maximum Gasteiger partial charge on any atom is 0.419 e. The molecule has 158 valence electrons. The summed E-state index contributed by atoms with van der Waals surface area (Å²) in [5.74, 6) is -1.55. The third-order valence-electron chi connectivity index (χ3n) is 4.20. The number of alkyl halides is 3. The highest BCUT2D eigenvalue weighted by molar-refractivity contribution is 5.96. The Morgan fingerprint density at radius 1 is 1.28 bits per heavy atom. The van der Waals surface area contributed by atoms with Gasteiger partial charge in [-0.15, -0.1) is 0 Å². The summed E-state index contributed by atoms with van der Waals surface area (Å²) < 4.78 is 45.2. The number of ether oxygens (including phenoxy) is 1. The minimum absolute atomic E-state index is 0.209. The number of nitrogens with one attached hydrogen (secondary N) is 1. The largest absolute Gasteiger partial charge is 0.483 e. The zero-order chi connectivity index (χ0) is 21.8. The van der Waals surface area contributed by atoms with Gasteiger partial charge in [-0.1, -0.05) is 25.5 Å². The second kappa shape index (κ2) is 8.84. The summed E-state index contributed by atoms with van der Waals surface area (Å²) in [5, 5.41) is 0. The van der Waals surface area contributed by atoms with Gasteiger partial charge >= 0.3 is 11.9 Å². The van der Waals surface area contributed by atoms with Crippen LogP contribution < -0.4 is 26.6 Å². The van der Waals surface area contributed by atoms with Gasteiger partial charge in [0.25, 0.3) is 11.5 Å².